The molecule has 2 N–H and O–H groups in total. The van der Waals surface area contributed by atoms with Crippen molar-refractivity contribution in [1.82, 2.24) is 9.99 Å². The summed E-state index contributed by atoms with van der Waals surface area (Å²) in [6, 6.07) is 10.3. The minimum absolute atomic E-state index is 0.199. The molecule has 0 saturated carbocycles. The highest BCUT2D eigenvalue weighted by molar-refractivity contribution is 5.85. The van der Waals surface area contributed by atoms with Crippen molar-refractivity contribution in [3.63, 3.8) is 0 Å². The molecule has 0 aliphatic rings. The normalized spacial score (nSPS) is 11.8. The molecule has 0 aliphatic heterocycles. The average molecular weight is 418 g/mol. The molecule has 2 aromatic heterocycles. The number of hydrogen-bond acceptors (Lipinski definition) is 4. The van der Waals surface area contributed by atoms with Crippen LogP contribution in [0.4, 0.5) is 18.9 Å². The van der Waals surface area contributed by atoms with Crippen molar-refractivity contribution in [2.24, 2.45) is 5.10 Å². The Bertz CT molecular complexity index is 1040. The number of nitrogens with one attached hydrogen (secondary N) is 2. The van der Waals surface area contributed by atoms with Crippen LogP contribution < -0.4 is 10.7 Å². The number of benzene rings is 1. The number of hydrogen-bond donors (Lipinski definition) is 2. The van der Waals surface area contributed by atoms with Gasteiger partial charge in [0.05, 0.1) is 31.1 Å². The maximum atomic E-state index is 12.7. The van der Waals surface area contributed by atoms with Crippen molar-refractivity contribution in [3.8, 4) is 0 Å². The Morgan fingerprint density at radius 3 is 2.70 bits per heavy atom. The summed E-state index contributed by atoms with van der Waals surface area (Å²) in [4.78, 5) is 11.9. The first-order valence-electron chi connectivity index (χ1n) is 9.16. The monoisotopic (exact) mass is 418 g/mol. The quantitative estimate of drug-likeness (QED) is 0.443. The van der Waals surface area contributed by atoms with Crippen LogP contribution in [0.3, 0.4) is 0 Å². The zero-order valence-corrected chi connectivity index (χ0v) is 16.5. The van der Waals surface area contributed by atoms with E-state index < -0.39 is 17.6 Å². The highest BCUT2D eigenvalue weighted by atomic mass is 19.4. The van der Waals surface area contributed by atoms with Crippen molar-refractivity contribution in [2.45, 2.75) is 26.6 Å². The van der Waals surface area contributed by atoms with Crippen molar-refractivity contribution in [3.05, 3.63) is 77.0 Å². The molecule has 9 heteroatoms. The van der Waals surface area contributed by atoms with Gasteiger partial charge in [-0.3, -0.25) is 4.79 Å². The summed E-state index contributed by atoms with van der Waals surface area (Å²) in [5.74, 6) is 0.349. The second kappa shape index (κ2) is 8.89. The molecule has 0 atom stereocenters. The number of carbonyl (C=O) groups excluding carboxylic acids is 1. The minimum atomic E-state index is -4.44. The number of rotatable bonds is 7. The van der Waals surface area contributed by atoms with E-state index in [1.807, 2.05) is 32.0 Å². The lowest BCUT2D eigenvalue weighted by Gasteiger charge is -2.10. The fraction of sp³-hybridized carbons (Fsp3) is 0.238. The molecule has 0 aliphatic carbocycles. The highest BCUT2D eigenvalue weighted by Gasteiger charge is 2.30. The number of furan rings is 1. The van der Waals surface area contributed by atoms with Gasteiger partial charge in [-0.25, -0.2) is 5.43 Å². The van der Waals surface area contributed by atoms with Crippen LogP contribution in [0.15, 0.2) is 58.2 Å². The molecule has 0 spiro atoms. The van der Waals surface area contributed by atoms with E-state index in [0.29, 0.717) is 6.54 Å². The van der Waals surface area contributed by atoms with Gasteiger partial charge in [0, 0.05) is 22.6 Å². The van der Waals surface area contributed by atoms with Crippen molar-refractivity contribution in [1.29, 1.82) is 0 Å². The first kappa shape index (κ1) is 21.2. The smallest absolute Gasteiger partial charge is 0.416 e. The Kier molecular flexibility index (Phi) is 6.29. The van der Waals surface area contributed by atoms with Crippen LogP contribution in [0, 0.1) is 13.8 Å². The summed E-state index contributed by atoms with van der Waals surface area (Å²) in [6.07, 6.45) is -1.29. The molecule has 1 amide bonds. The van der Waals surface area contributed by atoms with Gasteiger partial charge in [-0.1, -0.05) is 6.07 Å². The highest BCUT2D eigenvalue weighted by Crippen LogP contribution is 2.30. The third kappa shape index (κ3) is 5.31. The summed E-state index contributed by atoms with van der Waals surface area (Å²) in [5.41, 5.74) is 4.60. The summed E-state index contributed by atoms with van der Waals surface area (Å²) in [6.45, 7) is 4.28. The topological polar surface area (TPSA) is 71.6 Å². The molecule has 0 saturated heterocycles. The van der Waals surface area contributed by atoms with Gasteiger partial charge in [-0.05, 0) is 50.2 Å². The number of aromatic nitrogens is 1. The molecule has 158 valence electrons. The molecule has 3 aromatic rings. The van der Waals surface area contributed by atoms with E-state index >= 15 is 0 Å². The number of amides is 1. The fourth-order valence-corrected chi connectivity index (χ4v) is 2.96. The van der Waals surface area contributed by atoms with E-state index in [-0.39, 0.29) is 12.2 Å². The Morgan fingerprint density at radius 1 is 1.20 bits per heavy atom. The van der Waals surface area contributed by atoms with Crippen LogP contribution in [0.1, 0.15) is 28.3 Å². The zero-order chi connectivity index (χ0) is 21.7. The molecule has 0 unspecified atom stereocenters. The molecule has 0 fully saturated rings. The molecular formula is C21H21F3N4O2. The van der Waals surface area contributed by atoms with Gasteiger partial charge in [-0.15, -0.1) is 0 Å². The average Bonchev–Trinajstić information content (AvgIpc) is 3.30. The number of carbonyl (C=O) groups is 1. The lowest BCUT2D eigenvalue weighted by molar-refractivity contribution is -0.137. The van der Waals surface area contributed by atoms with Crippen LogP contribution in [0.5, 0.6) is 0 Å². The SMILES string of the molecule is Cc1cc(C=NNC(=O)CNc2cccc(C(F)(F)F)c2)c(C)n1Cc1ccco1. The van der Waals surface area contributed by atoms with Gasteiger partial charge >= 0.3 is 6.18 Å². The Morgan fingerprint density at radius 2 is 2.00 bits per heavy atom. The van der Waals surface area contributed by atoms with E-state index in [9.17, 15) is 18.0 Å². The summed E-state index contributed by atoms with van der Waals surface area (Å²) < 4.78 is 45.6. The van der Waals surface area contributed by atoms with Gasteiger partial charge in [0.2, 0.25) is 0 Å². The maximum Gasteiger partial charge on any atom is 0.416 e. The summed E-state index contributed by atoms with van der Waals surface area (Å²) in [7, 11) is 0. The minimum Gasteiger partial charge on any atom is -0.467 e. The van der Waals surface area contributed by atoms with Gasteiger partial charge < -0.3 is 14.3 Å². The lowest BCUT2D eigenvalue weighted by atomic mass is 10.2. The third-order valence-electron chi connectivity index (χ3n) is 4.54. The van der Waals surface area contributed by atoms with E-state index in [2.05, 4.69) is 20.4 Å². The van der Waals surface area contributed by atoms with Crippen LogP contribution in [-0.4, -0.2) is 23.2 Å². The first-order chi connectivity index (χ1) is 14.2. The number of halogens is 3. The van der Waals surface area contributed by atoms with Gasteiger partial charge in [0.1, 0.15) is 5.76 Å². The summed E-state index contributed by atoms with van der Waals surface area (Å²) in [5, 5.41) is 6.60. The zero-order valence-electron chi connectivity index (χ0n) is 16.5. The number of alkyl halides is 3. The van der Waals surface area contributed by atoms with Crippen LogP contribution in [0.25, 0.3) is 0 Å². The fourth-order valence-electron chi connectivity index (χ4n) is 2.96. The molecule has 3 rings (SSSR count). The molecule has 2 heterocycles. The molecular weight excluding hydrogens is 397 g/mol. The lowest BCUT2D eigenvalue weighted by Crippen LogP contribution is -2.26. The summed E-state index contributed by atoms with van der Waals surface area (Å²) >= 11 is 0. The molecule has 30 heavy (non-hydrogen) atoms. The third-order valence-corrected chi connectivity index (χ3v) is 4.54. The van der Waals surface area contributed by atoms with E-state index in [0.717, 1.165) is 34.8 Å². The standard InChI is InChI=1S/C21H21F3N4O2/c1-14-9-16(15(2)28(14)13-19-7-4-8-30-19)11-26-27-20(29)12-25-18-6-3-5-17(10-18)21(22,23)24/h3-11,25H,12-13H2,1-2H3,(H,27,29). The molecule has 6 nitrogen and oxygen atoms in total. The number of hydrazone groups is 1. The Hall–Kier alpha value is -3.49. The largest absolute Gasteiger partial charge is 0.467 e. The Labute approximate surface area is 171 Å². The van der Waals surface area contributed by atoms with E-state index in [1.165, 1.54) is 18.3 Å². The van der Waals surface area contributed by atoms with Crippen molar-refractivity contribution < 1.29 is 22.4 Å². The second-order valence-electron chi connectivity index (χ2n) is 6.72. The second-order valence-corrected chi connectivity index (χ2v) is 6.72. The van der Waals surface area contributed by atoms with Crippen LogP contribution >= 0.6 is 0 Å². The van der Waals surface area contributed by atoms with Gasteiger partial charge in [-0.2, -0.15) is 18.3 Å². The van der Waals surface area contributed by atoms with Gasteiger partial charge in [0.15, 0.2) is 0 Å². The number of anilines is 1. The predicted octanol–water partition coefficient (Wildman–Crippen LogP) is 4.33. The van der Waals surface area contributed by atoms with Crippen LogP contribution in [-0.2, 0) is 17.5 Å². The van der Waals surface area contributed by atoms with Crippen molar-refractivity contribution in [2.75, 3.05) is 11.9 Å². The number of aryl methyl sites for hydroxylation is 1. The molecule has 1 aromatic carbocycles. The van der Waals surface area contributed by atoms with Crippen LogP contribution in [0.2, 0.25) is 0 Å². The van der Waals surface area contributed by atoms with E-state index in [4.69, 9.17) is 4.42 Å². The Balaban J connectivity index is 1.55. The first-order valence-corrected chi connectivity index (χ1v) is 9.16. The van der Waals surface area contributed by atoms with E-state index in [1.54, 1.807) is 6.26 Å². The predicted molar refractivity (Wildman–Crippen MR) is 107 cm³/mol. The molecule has 0 radical (unpaired) electrons. The van der Waals surface area contributed by atoms with Crippen molar-refractivity contribution >= 4 is 17.8 Å². The van der Waals surface area contributed by atoms with Gasteiger partial charge in [0.25, 0.3) is 5.91 Å². The maximum absolute atomic E-state index is 12.7. The molecule has 0 bridgehead atoms. The number of nitrogens with zero attached hydrogens (tertiary/aromatic N) is 2.